The molecule has 0 bridgehead atoms. The van der Waals surface area contributed by atoms with Gasteiger partial charge in [-0.2, -0.15) is 5.26 Å². The summed E-state index contributed by atoms with van der Waals surface area (Å²) in [5.74, 6) is 1.72. The van der Waals surface area contributed by atoms with Crippen molar-refractivity contribution in [1.29, 1.82) is 5.26 Å². The van der Waals surface area contributed by atoms with E-state index in [1.165, 1.54) is 0 Å². The zero-order valence-corrected chi connectivity index (χ0v) is 14.0. The molecular weight excluding hydrogens is 298 g/mol. The van der Waals surface area contributed by atoms with Gasteiger partial charge in [-0.15, -0.1) is 0 Å². The molecular formula is C17H23NO5. The van der Waals surface area contributed by atoms with E-state index in [2.05, 4.69) is 6.07 Å². The van der Waals surface area contributed by atoms with Crippen LogP contribution in [0.2, 0.25) is 0 Å². The van der Waals surface area contributed by atoms with E-state index in [4.69, 9.17) is 23.7 Å². The van der Waals surface area contributed by atoms with Crippen LogP contribution in [0.25, 0.3) is 0 Å². The predicted octanol–water partition coefficient (Wildman–Crippen LogP) is 2.85. The van der Waals surface area contributed by atoms with Crippen LogP contribution in [0, 0.1) is 17.2 Å². The Hall–Kier alpha value is -1.97. The van der Waals surface area contributed by atoms with Crippen LogP contribution in [-0.2, 0) is 15.9 Å². The van der Waals surface area contributed by atoms with Crippen molar-refractivity contribution in [2.75, 3.05) is 35.2 Å². The van der Waals surface area contributed by atoms with Gasteiger partial charge in [-0.25, -0.2) is 0 Å². The molecule has 23 heavy (non-hydrogen) atoms. The molecule has 126 valence electrons. The molecule has 1 unspecified atom stereocenters. The Morgan fingerprint density at radius 3 is 2.43 bits per heavy atom. The van der Waals surface area contributed by atoms with E-state index in [-0.39, 0.29) is 18.8 Å². The first-order chi connectivity index (χ1) is 11.2. The van der Waals surface area contributed by atoms with Gasteiger partial charge in [0.05, 0.1) is 33.5 Å². The third-order valence-electron chi connectivity index (χ3n) is 4.13. The second-order valence-corrected chi connectivity index (χ2v) is 5.38. The summed E-state index contributed by atoms with van der Waals surface area (Å²) < 4.78 is 27.3. The van der Waals surface area contributed by atoms with Crippen LogP contribution in [0.3, 0.4) is 0 Å². The molecule has 1 aliphatic rings. The summed E-state index contributed by atoms with van der Waals surface area (Å²) in [5, 5.41) is 9.35. The van der Waals surface area contributed by atoms with Crippen LogP contribution in [0.4, 0.5) is 0 Å². The SMILES string of the molecule is COCOC1C[C@H](C#N)CCc2c1cc(OC)c(OC)c2OC. The molecule has 0 aromatic heterocycles. The van der Waals surface area contributed by atoms with Crippen LogP contribution in [-0.4, -0.2) is 35.2 Å². The standard InChI is InChI=1S/C17H23NO5/c1-19-10-23-14-7-11(9-18)5-6-12-13(14)8-15(20-2)17(22-4)16(12)21-3/h8,11,14H,5-7,10H2,1-4H3/t11-,14?/m1/s1. The first-order valence-corrected chi connectivity index (χ1v) is 7.52. The first kappa shape index (κ1) is 17.4. The van der Waals surface area contributed by atoms with Crippen LogP contribution >= 0.6 is 0 Å². The van der Waals surface area contributed by atoms with Crippen molar-refractivity contribution in [1.82, 2.24) is 0 Å². The fourth-order valence-electron chi connectivity index (χ4n) is 3.03. The summed E-state index contributed by atoms with van der Waals surface area (Å²) >= 11 is 0. The van der Waals surface area contributed by atoms with Gasteiger partial charge in [0.1, 0.15) is 6.79 Å². The monoisotopic (exact) mass is 321 g/mol. The minimum Gasteiger partial charge on any atom is -0.493 e. The molecule has 0 N–H and O–H groups in total. The van der Waals surface area contributed by atoms with Crippen molar-refractivity contribution in [3.63, 3.8) is 0 Å². The number of nitrogens with zero attached hydrogens (tertiary/aromatic N) is 1. The van der Waals surface area contributed by atoms with Crippen molar-refractivity contribution < 1.29 is 23.7 Å². The van der Waals surface area contributed by atoms with Crippen LogP contribution in [0.1, 0.15) is 30.1 Å². The molecule has 0 heterocycles. The highest BCUT2D eigenvalue weighted by Crippen LogP contribution is 2.47. The second kappa shape index (κ2) is 8.04. The normalized spacial score (nSPS) is 20.1. The Morgan fingerprint density at radius 2 is 1.87 bits per heavy atom. The zero-order valence-electron chi connectivity index (χ0n) is 14.0. The summed E-state index contributed by atoms with van der Waals surface area (Å²) in [5.41, 5.74) is 1.97. The molecule has 2 atom stereocenters. The Labute approximate surface area is 136 Å². The van der Waals surface area contributed by atoms with Gasteiger partial charge in [0.25, 0.3) is 0 Å². The maximum absolute atomic E-state index is 9.35. The summed E-state index contributed by atoms with van der Waals surface area (Å²) in [6.45, 7) is 0.166. The quantitative estimate of drug-likeness (QED) is 0.593. The van der Waals surface area contributed by atoms with Gasteiger partial charge in [-0.1, -0.05) is 0 Å². The van der Waals surface area contributed by atoms with Gasteiger partial charge < -0.3 is 23.7 Å². The topological polar surface area (TPSA) is 69.9 Å². The highest BCUT2D eigenvalue weighted by molar-refractivity contribution is 5.60. The lowest BCUT2D eigenvalue weighted by Gasteiger charge is -2.23. The third kappa shape index (κ3) is 3.52. The molecule has 0 fully saturated rings. The van der Waals surface area contributed by atoms with E-state index in [1.807, 2.05) is 6.07 Å². The number of methoxy groups -OCH3 is 4. The van der Waals surface area contributed by atoms with Gasteiger partial charge in [0.2, 0.25) is 5.75 Å². The average Bonchev–Trinajstić information content (AvgIpc) is 2.77. The van der Waals surface area contributed by atoms with Crippen molar-refractivity contribution in [3.05, 3.63) is 17.2 Å². The molecule has 2 rings (SSSR count). The number of ether oxygens (including phenoxy) is 5. The second-order valence-electron chi connectivity index (χ2n) is 5.38. The number of nitriles is 1. The van der Waals surface area contributed by atoms with Gasteiger partial charge >= 0.3 is 0 Å². The highest BCUT2D eigenvalue weighted by Gasteiger charge is 2.30. The fraction of sp³-hybridized carbons (Fsp3) is 0.588. The predicted molar refractivity (Wildman–Crippen MR) is 83.8 cm³/mol. The van der Waals surface area contributed by atoms with Crippen molar-refractivity contribution in [2.24, 2.45) is 5.92 Å². The number of hydrogen-bond donors (Lipinski definition) is 0. The lowest BCUT2D eigenvalue weighted by molar-refractivity contribution is -0.0781. The zero-order chi connectivity index (χ0) is 16.8. The van der Waals surface area contributed by atoms with E-state index in [9.17, 15) is 5.26 Å². The molecule has 0 spiro atoms. The summed E-state index contributed by atoms with van der Waals surface area (Å²) in [6, 6.07) is 4.27. The average molecular weight is 321 g/mol. The Kier molecular flexibility index (Phi) is 6.08. The number of benzene rings is 1. The fourth-order valence-corrected chi connectivity index (χ4v) is 3.03. The van der Waals surface area contributed by atoms with Gasteiger partial charge in [-0.05, 0) is 30.9 Å². The lowest BCUT2D eigenvalue weighted by atomic mass is 9.98. The molecule has 0 amide bonds. The highest BCUT2D eigenvalue weighted by atomic mass is 16.7. The van der Waals surface area contributed by atoms with Crippen LogP contribution in [0.5, 0.6) is 17.2 Å². The third-order valence-corrected chi connectivity index (χ3v) is 4.13. The minimum atomic E-state index is -0.245. The Morgan fingerprint density at radius 1 is 1.13 bits per heavy atom. The summed E-state index contributed by atoms with van der Waals surface area (Å²) in [4.78, 5) is 0. The summed E-state index contributed by atoms with van der Waals surface area (Å²) in [6.07, 6.45) is 1.85. The maximum Gasteiger partial charge on any atom is 0.203 e. The number of hydrogen-bond acceptors (Lipinski definition) is 6. The Bertz CT molecular complexity index is 581. The van der Waals surface area contributed by atoms with Crippen molar-refractivity contribution in [2.45, 2.75) is 25.4 Å². The van der Waals surface area contributed by atoms with Crippen molar-refractivity contribution >= 4 is 0 Å². The lowest BCUT2D eigenvalue weighted by Crippen LogP contribution is -2.11. The van der Waals surface area contributed by atoms with Gasteiger partial charge in [0, 0.05) is 18.6 Å². The van der Waals surface area contributed by atoms with Crippen LogP contribution < -0.4 is 14.2 Å². The minimum absolute atomic E-state index is 0.0778. The van der Waals surface area contributed by atoms with Crippen LogP contribution in [0.15, 0.2) is 6.07 Å². The molecule has 0 saturated heterocycles. The first-order valence-electron chi connectivity index (χ1n) is 7.52. The Balaban J connectivity index is 2.56. The molecule has 6 heteroatoms. The molecule has 1 aromatic carbocycles. The largest absolute Gasteiger partial charge is 0.493 e. The van der Waals surface area contributed by atoms with E-state index in [1.54, 1.807) is 28.4 Å². The van der Waals surface area contributed by atoms with E-state index >= 15 is 0 Å². The maximum atomic E-state index is 9.35. The van der Waals surface area contributed by atoms with E-state index in [0.717, 1.165) is 24.0 Å². The molecule has 0 saturated carbocycles. The molecule has 6 nitrogen and oxygen atoms in total. The van der Waals surface area contributed by atoms with Gasteiger partial charge in [0.15, 0.2) is 11.5 Å². The smallest absolute Gasteiger partial charge is 0.203 e. The number of fused-ring (bicyclic) bond motifs is 1. The molecule has 0 aliphatic heterocycles. The molecule has 1 aromatic rings. The molecule has 0 radical (unpaired) electrons. The van der Waals surface area contributed by atoms with Gasteiger partial charge in [-0.3, -0.25) is 0 Å². The van der Waals surface area contributed by atoms with E-state index < -0.39 is 0 Å². The van der Waals surface area contributed by atoms with E-state index in [0.29, 0.717) is 23.7 Å². The summed E-state index contributed by atoms with van der Waals surface area (Å²) in [7, 11) is 6.35. The molecule has 1 aliphatic carbocycles. The number of rotatable bonds is 6. The van der Waals surface area contributed by atoms with Crippen molar-refractivity contribution in [3.8, 4) is 23.3 Å².